The van der Waals surface area contributed by atoms with Crippen molar-refractivity contribution >= 4 is 0 Å². The average Bonchev–Trinajstić information content (AvgIpc) is 2.15. The Balaban J connectivity index is 2.12. The highest BCUT2D eigenvalue weighted by atomic mass is 16.3. The van der Waals surface area contributed by atoms with Gasteiger partial charge in [-0.15, -0.1) is 4.91 Å². The Bertz CT molecular complexity index is 132. The SMILES string of the molecule is CCCCN1CCN(N=O)CC1. The maximum Gasteiger partial charge on any atom is 0.0524 e. The van der Waals surface area contributed by atoms with Gasteiger partial charge >= 0.3 is 0 Å². The van der Waals surface area contributed by atoms with E-state index in [9.17, 15) is 4.91 Å². The molecule has 0 aliphatic carbocycles. The molecule has 0 N–H and O–H groups in total. The Morgan fingerprint density at radius 3 is 2.42 bits per heavy atom. The Morgan fingerprint density at radius 2 is 1.92 bits per heavy atom. The van der Waals surface area contributed by atoms with Gasteiger partial charge in [0.1, 0.15) is 0 Å². The summed E-state index contributed by atoms with van der Waals surface area (Å²) in [7, 11) is 0. The lowest BCUT2D eigenvalue weighted by molar-refractivity contribution is 0.133. The van der Waals surface area contributed by atoms with E-state index in [0.717, 1.165) is 26.2 Å². The summed E-state index contributed by atoms with van der Waals surface area (Å²) in [6, 6.07) is 0. The molecule has 0 aromatic rings. The summed E-state index contributed by atoms with van der Waals surface area (Å²) in [5.74, 6) is 0. The van der Waals surface area contributed by atoms with Crippen molar-refractivity contribution in [1.82, 2.24) is 9.91 Å². The fraction of sp³-hybridized carbons (Fsp3) is 1.00. The summed E-state index contributed by atoms with van der Waals surface area (Å²) < 4.78 is 0. The minimum absolute atomic E-state index is 0.799. The lowest BCUT2D eigenvalue weighted by Gasteiger charge is -2.30. The molecule has 0 unspecified atom stereocenters. The maximum absolute atomic E-state index is 10.1. The largest absolute Gasteiger partial charge is 0.300 e. The Morgan fingerprint density at radius 1 is 1.25 bits per heavy atom. The highest BCUT2D eigenvalue weighted by Crippen LogP contribution is 2.02. The van der Waals surface area contributed by atoms with E-state index < -0.39 is 0 Å². The van der Waals surface area contributed by atoms with Crippen molar-refractivity contribution < 1.29 is 0 Å². The van der Waals surface area contributed by atoms with E-state index in [1.165, 1.54) is 19.4 Å². The van der Waals surface area contributed by atoms with E-state index in [1.54, 1.807) is 5.01 Å². The fourth-order valence-corrected chi connectivity index (χ4v) is 1.42. The van der Waals surface area contributed by atoms with Crippen LogP contribution in [0.2, 0.25) is 0 Å². The zero-order valence-electron chi connectivity index (χ0n) is 7.70. The van der Waals surface area contributed by atoms with Crippen LogP contribution in [0.1, 0.15) is 19.8 Å². The van der Waals surface area contributed by atoms with Gasteiger partial charge in [0.2, 0.25) is 0 Å². The van der Waals surface area contributed by atoms with Crippen LogP contribution in [-0.2, 0) is 0 Å². The molecule has 0 radical (unpaired) electrons. The molecule has 4 heteroatoms. The van der Waals surface area contributed by atoms with Gasteiger partial charge in [0, 0.05) is 13.1 Å². The van der Waals surface area contributed by atoms with Crippen molar-refractivity contribution in [2.45, 2.75) is 19.8 Å². The quantitative estimate of drug-likeness (QED) is 0.594. The molecule has 1 fully saturated rings. The highest BCUT2D eigenvalue weighted by molar-refractivity contribution is 4.68. The van der Waals surface area contributed by atoms with Gasteiger partial charge in [-0.25, -0.2) is 0 Å². The monoisotopic (exact) mass is 171 g/mol. The van der Waals surface area contributed by atoms with Gasteiger partial charge in [-0.05, 0) is 13.0 Å². The molecule has 70 valence electrons. The van der Waals surface area contributed by atoms with Crippen molar-refractivity contribution in [1.29, 1.82) is 0 Å². The molecule has 0 amide bonds. The number of piperazine rings is 1. The van der Waals surface area contributed by atoms with Crippen molar-refractivity contribution in [3.05, 3.63) is 4.91 Å². The number of nitroso groups, excluding NO2 is 1. The summed E-state index contributed by atoms with van der Waals surface area (Å²) in [6.45, 7) is 6.95. The summed E-state index contributed by atoms with van der Waals surface area (Å²) in [6.07, 6.45) is 2.50. The molecule has 0 aromatic heterocycles. The van der Waals surface area contributed by atoms with Gasteiger partial charge in [0.15, 0.2) is 0 Å². The summed E-state index contributed by atoms with van der Waals surface area (Å²) in [5, 5.41) is 4.52. The second-order valence-electron chi connectivity index (χ2n) is 3.23. The first-order valence-electron chi connectivity index (χ1n) is 4.67. The molecule has 4 nitrogen and oxygen atoms in total. The molecule has 0 saturated carbocycles. The number of nitrogens with zero attached hydrogens (tertiary/aromatic N) is 3. The van der Waals surface area contributed by atoms with E-state index in [2.05, 4.69) is 17.1 Å². The van der Waals surface area contributed by atoms with Crippen LogP contribution in [0.25, 0.3) is 0 Å². The highest BCUT2D eigenvalue weighted by Gasteiger charge is 2.14. The van der Waals surface area contributed by atoms with Gasteiger partial charge in [-0.3, -0.25) is 9.91 Å². The van der Waals surface area contributed by atoms with E-state index in [1.807, 2.05) is 0 Å². The van der Waals surface area contributed by atoms with Gasteiger partial charge in [-0.2, -0.15) is 0 Å². The number of rotatable bonds is 4. The van der Waals surface area contributed by atoms with Crippen molar-refractivity contribution in [2.24, 2.45) is 5.29 Å². The molecule has 0 bridgehead atoms. The third kappa shape index (κ3) is 2.77. The predicted molar refractivity (Wildman–Crippen MR) is 48.7 cm³/mol. The van der Waals surface area contributed by atoms with E-state index in [-0.39, 0.29) is 0 Å². The summed E-state index contributed by atoms with van der Waals surface area (Å²) in [5.41, 5.74) is 0. The second-order valence-corrected chi connectivity index (χ2v) is 3.23. The maximum atomic E-state index is 10.1. The van der Waals surface area contributed by atoms with E-state index in [0.29, 0.717) is 0 Å². The average molecular weight is 171 g/mol. The van der Waals surface area contributed by atoms with Crippen LogP contribution in [0.5, 0.6) is 0 Å². The van der Waals surface area contributed by atoms with Crippen LogP contribution >= 0.6 is 0 Å². The normalized spacial score (nSPS) is 19.6. The molecule has 0 aromatic carbocycles. The molecule has 1 aliphatic rings. The summed E-state index contributed by atoms with van der Waals surface area (Å²) in [4.78, 5) is 12.5. The number of hydrogen-bond acceptors (Lipinski definition) is 3. The van der Waals surface area contributed by atoms with Crippen molar-refractivity contribution in [2.75, 3.05) is 32.7 Å². The Labute approximate surface area is 73.5 Å². The third-order valence-electron chi connectivity index (χ3n) is 2.29. The smallest absolute Gasteiger partial charge is 0.0524 e. The Hall–Kier alpha value is -0.640. The molecule has 0 spiro atoms. The van der Waals surface area contributed by atoms with E-state index >= 15 is 0 Å². The molecule has 1 aliphatic heterocycles. The lowest BCUT2D eigenvalue weighted by Crippen LogP contribution is -2.44. The number of hydrogen-bond donors (Lipinski definition) is 0. The van der Waals surface area contributed by atoms with Crippen LogP contribution in [0.15, 0.2) is 5.29 Å². The van der Waals surface area contributed by atoms with Crippen LogP contribution < -0.4 is 0 Å². The first kappa shape index (κ1) is 9.45. The van der Waals surface area contributed by atoms with Crippen LogP contribution in [0, 0.1) is 4.91 Å². The fourth-order valence-electron chi connectivity index (χ4n) is 1.42. The minimum atomic E-state index is 0.799. The van der Waals surface area contributed by atoms with Crippen LogP contribution in [0.3, 0.4) is 0 Å². The first-order chi connectivity index (χ1) is 5.86. The third-order valence-corrected chi connectivity index (χ3v) is 2.29. The van der Waals surface area contributed by atoms with Crippen LogP contribution in [0.4, 0.5) is 0 Å². The second kappa shape index (κ2) is 5.09. The molecule has 1 heterocycles. The van der Waals surface area contributed by atoms with Crippen molar-refractivity contribution in [3.8, 4) is 0 Å². The standard InChI is InChI=1S/C8H17N3O/c1-2-3-4-10-5-7-11(9-12)8-6-10/h2-8H2,1H3. The topological polar surface area (TPSA) is 35.9 Å². The first-order valence-corrected chi connectivity index (χ1v) is 4.67. The van der Waals surface area contributed by atoms with Gasteiger partial charge in [0.05, 0.1) is 18.4 Å². The molecule has 12 heavy (non-hydrogen) atoms. The number of unbranched alkanes of at least 4 members (excludes halogenated alkanes) is 1. The van der Waals surface area contributed by atoms with Gasteiger partial charge < -0.3 is 0 Å². The summed E-state index contributed by atoms with van der Waals surface area (Å²) >= 11 is 0. The molecular formula is C8H17N3O. The Kier molecular flexibility index (Phi) is 4.00. The zero-order chi connectivity index (χ0) is 8.81. The zero-order valence-corrected chi connectivity index (χ0v) is 7.70. The molecule has 0 atom stereocenters. The van der Waals surface area contributed by atoms with E-state index in [4.69, 9.17) is 0 Å². The van der Waals surface area contributed by atoms with Gasteiger partial charge in [-0.1, -0.05) is 13.3 Å². The van der Waals surface area contributed by atoms with Crippen LogP contribution in [-0.4, -0.2) is 42.6 Å². The minimum Gasteiger partial charge on any atom is -0.300 e. The molecule has 1 saturated heterocycles. The lowest BCUT2D eigenvalue weighted by atomic mass is 10.3. The van der Waals surface area contributed by atoms with Crippen molar-refractivity contribution in [3.63, 3.8) is 0 Å². The molecular weight excluding hydrogens is 154 g/mol. The predicted octanol–water partition coefficient (Wildman–Crippen LogP) is 1.09. The van der Waals surface area contributed by atoms with Gasteiger partial charge in [0.25, 0.3) is 0 Å². The molecule has 1 rings (SSSR count).